The molecule has 6 nitrogen and oxygen atoms in total. The summed E-state index contributed by atoms with van der Waals surface area (Å²) in [6.07, 6.45) is 1.38. The Bertz CT molecular complexity index is 673. The molecule has 0 aliphatic carbocycles. The van der Waals surface area contributed by atoms with Gasteiger partial charge in [0.05, 0.1) is 0 Å². The summed E-state index contributed by atoms with van der Waals surface area (Å²) in [5, 5.41) is 9.89. The second kappa shape index (κ2) is 7.73. The minimum atomic E-state index is -0.389. The zero-order valence-electron chi connectivity index (χ0n) is 16.2. The van der Waals surface area contributed by atoms with Crippen LogP contribution in [-0.4, -0.2) is 80.1 Å². The van der Waals surface area contributed by atoms with Crippen molar-refractivity contribution in [2.24, 2.45) is 0 Å². The molecule has 3 heterocycles. The summed E-state index contributed by atoms with van der Waals surface area (Å²) in [5.74, 6) is -0.260. The number of piperazine rings is 1. The Kier molecular flexibility index (Phi) is 5.34. The maximum absolute atomic E-state index is 14.1. The Morgan fingerprint density at radius 2 is 2.00 bits per heavy atom. The van der Waals surface area contributed by atoms with Gasteiger partial charge < -0.3 is 20.9 Å². The van der Waals surface area contributed by atoms with Gasteiger partial charge in [0.2, 0.25) is 5.91 Å². The van der Waals surface area contributed by atoms with E-state index in [0.717, 1.165) is 56.9 Å². The molecule has 3 atom stereocenters. The molecule has 1 aromatic rings. The normalized spacial score (nSPS) is 29.2. The molecule has 0 spiro atoms. The van der Waals surface area contributed by atoms with Crippen molar-refractivity contribution in [3.05, 3.63) is 29.1 Å². The molecule has 0 bridgehead atoms. The Hall–Kier alpha value is -1.70. The SMILES string of the molecule is Cc1ccc(F)c2c1NC(C(=O)NC1CNCC(N3CCN(C)CC3)C1)C2. The monoisotopic (exact) mass is 375 g/mol. The minimum Gasteiger partial charge on any atom is -0.373 e. The quantitative estimate of drug-likeness (QED) is 0.721. The van der Waals surface area contributed by atoms with Gasteiger partial charge in [-0.2, -0.15) is 0 Å². The number of benzene rings is 1. The fourth-order valence-electron chi connectivity index (χ4n) is 4.52. The van der Waals surface area contributed by atoms with Gasteiger partial charge in [0.25, 0.3) is 0 Å². The van der Waals surface area contributed by atoms with Crippen LogP contribution in [-0.2, 0) is 11.2 Å². The van der Waals surface area contributed by atoms with E-state index in [1.807, 2.05) is 6.92 Å². The van der Waals surface area contributed by atoms with Gasteiger partial charge in [-0.05, 0) is 32.0 Å². The average molecular weight is 375 g/mol. The van der Waals surface area contributed by atoms with Gasteiger partial charge in [0.1, 0.15) is 11.9 Å². The van der Waals surface area contributed by atoms with Gasteiger partial charge in [-0.3, -0.25) is 9.69 Å². The number of rotatable bonds is 3. The first-order valence-electron chi connectivity index (χ1n) is 9.99. The van der Waals surface area contributed by atoms with Crippen LogP contribution in [0.3, 0.4) is 0 Å². The Labute approximate surface area is 160 Å². The number of carbonyl (C=O) groups excluding carboxylic acids is 1. The molecule has 148 valence electrons. The lowest BCUT2D eigenvalue weighted by Crippen LogP contribution is -2.59. The number of carbonyl (C=O) groups is 1. The molecule has 0 saturated carbocycles. The maximum atomic E-state index is 14.1. The van der Waals surface area contributed by atoms with Gasteiger partial charge in [-0.25, -0.2) is 4.39 Å². The van der Waals surface area contributed by atoms with Crippen molar-refractivity contribution >= 4 is 11.6 Å². The second-order valence-corrected chi connectivity index (χ2v) is 8.21. The van der Waals surface area contributed by atoms with Crippen molar-refractivity contribution in [1.82, 2.24) is 20.4 Å². The molecule has 3 unspecified atom stereocenters. The number of nitrogens with zero attached hydrogens (tertiary/aromatic N) is 2. The summed E-state index contributed by atoms with van der Waals surface area (Å²) < 4.78 is 14.1. The van der Waals surface area contributed by atoms with Crippen LogP contribution in [0, 0.1) is 12.7 Å². The van der Waals surface area contributed by atoms with Crippen LogP contribution in [0.2, 0.25) is 0 Å². The summed E-state index contributed by atoms with van der Waals surface area (Å²) in [4.78, 5) is 17.7. The summed E-state index contributed by atoms with van der Waals surface area (Å²) in [7, 11) is 2.16. The number of hydrogen-bond acceptors (Lipinski definition) is 5. The van der Waals surface area contributed by atoms with Crippen LogP contribution in [0.25, 0.3) is 0 Å². The molecule has 7 heteroatoms. The molecule has 1 aromatic carbocycles. The van der Waals surface area contributed by atoms with E-state index in [-0.39, 0.29) is 23.8 Å². The Morgan fingerprint density at radius 1 is 1.22 bits per heavy atom. The first kappa shape index (κ1) is 18.7. The molecule has 3 N–H and O–H groups in total. The highest BCUT2D eigenvalue weighted by molar-refractivity contribution is 5.88. The van der Waals surface area contributed by atoms with Crippen LogP contribution >= 0.6 is 0 Å². The molecule has 4 rings (SSSR count). The third-order valence-electron chi connectivity index (χ3n) is 6.24. The lowest BCUT2D eigenvalue weighted by molar-refractivity contribution is -0.122. The Balaban J connectivity index is 1.33. The number of hydrogen-bond donors (Lipinski definition) is 3. The molecule has 3 aliphatic heterocycles. The predicted molar refractivity (Wildman–Crippen MR) is 105 cm³/mol. The summed E-state index contributed by atoms with van der Waals surface area (Å²) in [6.45, 7) is 8.09. The first-order valence-corrected chi connectivity index (χ1v) is 9.99. The molecule has 0 radical (unpaired) electrons. The van der Waals surface area contributed by atoms with E-state index in [0.29, 0.717) is 18.0 Å². The van der Waals surface area contributed by atoms with Crippen molar-refractivity contribution in [2.75, 3.05) is 51.6 Å². The summed E-state index contributed by atoms with van der Waals surface area (Å²) in [6, 6.07) is 3.44. The third-order valence-corrected chi connectivity index (χ3v) is 6.24. The van der Waals surface area contributed by atoms with Crippen LogP contribution in [0.5, 0.6) is 0 Å². The second-order valence-electron chi connectivity index (χ2n) is 8.21. The molecule has 3 aliphatic rings. The summed E-state index contributed by atoms with van der Waals surface area (Å²) >= 11 is 0. The lowest BCUT2D eigenvalue weighted by atomic mass is 9.99. The van der Waals surface area contributed by atoms with Crippen molar-refractivity contribution in [1.29, 1.82) is 0 Å². The highest BCUT2D eigenvalue weighted by Crippen LogP contribution is 2.31. The van der Waals surface area contributed by atoms with Gasteiger partial charge in [0.15, 0.2) is 0 Å². The predicted octanol–water partition coefficient (Wildman–Crippen LogP) is 0.565. The van der Waals surface area contributed by atoms with E-state index in [1.165, 1.54) is 6.07 Å². The van der Waals surface area contributed by atoms with Crippen molar-refractivity contribution < 1.29 is 9.18 Å². The van der Waals surface area contributed by atoms with Gasteiger partial charge in [0, 0.05) is 69.0 Å². The number of nitrogens with one attached hydrogen (secondary N) is 3. The van der Waals surface area contributed by atoms with Crippen LogP contribution in [0.15, 0.2) is 12.1 Å². The van der Waals surface area contributed by atoms with E-state index in [2.05, 4.69) is 32.8 Å². The molecular weight excluding hydrogens is 345 g/mol. The van der Waals surface area contributed by atoms with Crippen molar-refractivity contribution in [2.45, 2.75) is 37.9 Å². The fraction of sp³-hybridized carbons (Fsp3) is 0.650. The van der Waals surface area contributed by atoms with E-state index in [4.69, 9.17) is 0 Å². The molecule has 1 amide bonds. The van der Waals surface area contributed by atoms with E-state index < -0.39 is 0 Å². The number of anilines is 1. The van der Waals surface area contributed by atoms with Gasteiger partial charge in [-0.15, -0.1) is 0 Å². The molecule has 27 heavy (non-hydrogen) atoms. The van der Waals surface area contributed by atoms with Crippen LogP contribution < -0.4 is 16.0 Å². The summed E-state index contributed by atoms with van der Waals surface area (Å²) in [5.41, 5.74) is 2.40. The molecule has 2 fully saturated rings. The number of aryl methyl sites for hydroxylation is 1. The number of halogens is 1. The fourth-order valence-corrected chi connectivity index (χ4v) is 4.52. The zero-order valence-corrected chi connectivity index (χ0v) is 16.2. The largest absolute Gasteiger partial charge is 0.373 e. The highest BCUT2D eigenvalue weighted by Gasteiger charge is 2.33. The molecule has 2 saturated heterocycles. The van der Waals surface area contributed by atoms with Crippen LogP contribution in [0.1, 0.15) is 17.5 Å². The van der Waals surface area contributed by atoms with E-state index in [9.17, 15) is 9.18 Å². The van der Waals surface area contributed by atoms with E-state index in [1.54, 1.807) is 6.07 Å². The smallest absolute Gasteiger partial charge is 0.243 e. The molecular formula is C20H30FN5O. The first-order chi connectivity index (χ1) is 13.0. The third kappa shape index (κ3) is 3.95. The van der Waals surface area contributed by atoms with Crippen molar-refractivity contribution in [3.8, 4) is 0 Å². The highest BCUT2D eigenvalue weighted by atomic mass is 19.1. The van der Waals surface area contributed by atoms with Gasteiger partial charge in [-0.1, -0.05) is 6.07 Å². The number of fused-ring (bicyclic) bond motifs is 1. The lowest BCUT2D eigenvalue weighted by Gasteiger charge is -2.42. The molecule has 0 aromatic heterocycles. The minimum absolute atomic E-state index is 0.0316. The Morgan fingerprint density at radius 3 is 2.74 bits per heavy atom. The van der Waals surface area contributed by atoms with Gasteiger partial charge >= 0.3 is 0 Å². The number of piperidine rings is 1. The zero-order chi connectivity index (χ0) is 19.0. The van der Waals surface area contributed by atoms with Crippen molar-refractivity contribution in [3.63, 3.8) is 0 Å². The van der Waals surface area contributed by atoms with E-state index >= 15 is 0 Å². The van der Waals surface area contributed by atoms with Crippen LogP contribution in [0.4, 0.5) is 10.1 Å². The average Bonchev–Trinajstić information content (AvgIpc) is 3.13. The topological polar surface area (TPSA) is 59.6 Å². The maximum Gasteiger partial charge on any atom is 0.243 e. The standard InChI is InChI=1S/C20H30FN5O/c1-13-3-4-17(21)16-10-18(24-19(13)16)20(27)23-14-9-15(12-22-11-14)26-7-5-25(2)6-8-26/h3-4,14-15,18,22,24H,5-12H2,1-2H3,(H,23,27). The number of amides is 1. The number of likely N-dealkylation sites (N-methyl/N-ethyl adjacent to an activating group) is 1.